The first-order valence-electron chi connectivity index (χ1n) is 7.08. The first kappa shape index (κ1) is 16.7. The van der Waals surface area contributed by atoms with Crippen LogP contribution in [0.1, 0.15) is 38.4 Å². The molecule has 1 heterocycles. The molecule has 1 aromatic heterocycles. The molecule has 0 aliphatic rings. The molecule has 0 aliphatic heterocycles. The van der Waals surface area contributed by atoms with Crippen molar-refractivity contribution >= 4 is 11.6 Å². The summed E-state index contributed by atoms with van der Waals surface area (Å²) in [5, 5.41) is 3.27. The zero-order chi connectivity index (χ0) is 14.8. The molecule has 1 rings (SSSR count). The lowest BCUT2D eigenvalue weighted by atomic mass is 10.2. The maximum atomic E-state index is 5.77. The van der Waals surface area contributed by atoms with E-state index in [0.717, 1.165) is 37.6 Å². The Balaban J connectivity index is 2.21. The van der Waals surface area contributed by atoms with Crippen LogP contribution in [0.3, 0.4) is 0 Å². The number of hydrogen-bond acceptors (Lipinski definition) is 6. The zero-order valence-electron chi connectivity index (χ0n) is 12.7. The van der Waals surface area contributed by atoms with E-state index in [1.54, 1.807) is 13.2 Å². The topological polar surface area (TPSA) is 82.3 Å². The number of aromatic nitrogens is 2. The summed E-state index contributed by atoms with van der Waals surface area (Å²) in [6.45, 7) is 7.02. The van der Waals surface area contributed by atoms with Gasteiger partial charge in [0.05, 0.1) is 13.2 Å². The minimum Gasteiger partial charge on any atom is -0.384 e. The molecule has 0 atom stereocenters. The van der Waals surface area contributed by atoms with E-state index in [-0.39, 0.29) is 5.92 Å². The number of nitrogens with one attached hydrogen (secondary N) is 1. The Morgan fingerprint density at radius 1 is 1.20 bits per heavy atom. The molecule has 114 valence electrons. The predicted molar refractivity (Wildman–Crippen MR) is 81.0 cm³/mol. The Morgan fingerprint density at radius 2 is 2.00 bits per heavy atom. The first-order valence-corrected chi connectivity index (χ1v) is 7.08. The van der Waals surface area contributed by atoms with Crippen LogP contribution >= 0.6 is 0 Å². The van der Waals surface area contributed by atoms with E-state index in [0.29, 0.717) is 19.0 Å². The highest BCUT2D eigenvalue weighted by Gasteiger charge is 2.06. The summed E-state index contributed by atoms with van der Waals surface area (Å²) in [5.41, 5.74) is 5.77. The van der Waals surface area contributed by atoms with Crippen molar-refractivity contribution in [2.45, 2.75) is 32.6 Å². The molecule has 0 bridgehead atoms. The molecule has 0 saturated carbocycles. The van der Waals surface area contributed by atoms with Crippen LogP contribution in [0.2, 0.25) is 0 Å². The van der Waals surface area contributed by atoms with Crippen LogP contribution < -0.4 is 11.1 Å². The summed E-state index contributed by atoms with van der Waals surface area (Å²) in [4.78, 5) is 8.66. The van der Waals surface area contributed by atoms with Gasteiger partial charge < -0.3 is 20.5 Å². The van der Waals surface area contributed by atoms with Gasteiger partial charge in [0.25, 0.3) is 0 Å². The Labute approximate surface area is 121 Å². The molecule has 0 aromatic carbocycles. The van der Waals surface area contributed by atoms with Gasteiger partial charge in [-0.15, -0.1) is 0 Å². The number of anilines is 2. The average molecular weight is 282 g/mol. The highest BCUT2D eigenvalue weighted by molar-refractivity contribution is 5.44. The molecule has 0 aliphatic carbocycles. The van der Waals surface area contributed by atoms with Gasteiger partial charge in [-0.25, -0.2) is 9.97 Å². The Hall–Kier alpha value is -1.40. The van der Waals surface area contributed by atoms with Crippen molar-refractivity contribution in [2.24, 2.45) is 0 Å². The number of rotatable bonds is 10. The smallest absolute Gasteiger partial charge is 0.135 e. The number of ether oxygens (including phenoxy) is 2. The lowest BCUT2D eigenvalue weighted by Gasteiger charge is -2.10. The standard InChI is InChI=1S/C14H26N4O2/c1-11(2)14-17-12(15)10-13(18-14)16-6-4-5-7-20-9-8-19-3/h10-11H,4-9H2,1-3H3,(H3,15,16,17,18). The summed E-state index contributed by atoms with van der Waals surface area (Å²) < 4.78 is 10.3. The Kier molecular flexibility index (Phi) is 7.91. The molecule has 6 heteroatoms. The van der Waals surface area contributed by atoms with E-state index in [4.69, 9.17) is 15.2 Å². The predicted octanol–water partition coefficient (Wildman–Crippen LogP) is 2.04. The van der Waals surface area contributed by atoms with Crippen molar-refractivity contribution in [2.75, 3.05) is 44.5 Å². The third-order valence-electron chi connectivity index (χ3n) is 2.73. The van der Waals surface area contributed by atoms with Crippen LogP contribution in [0.15, 0.2) is 6.07 Å². The molecule has 0 amide bonds. The van der Waals surface area contributed by atoms with Gasteiger partial charge in [-0.05, 0) is 12.8 Å². The normalized spacial score (nSPS) is 11.0. The minimum absolute atomic E-state index is 0.272. The van der Waals surface area contributed by atoms with Gasteiger partial charge in [-0.3, -0.25) is 0 Å². The lowest BCUT2D eigenvalue weighted by molar-refractivity contribution is 0.0691. The fourth-order valence-corrected chi connectivity index (χ4v) is 1.62. The molecule has 6 nitrogen and oxygen atoms in total. The third kappa shape index (κ3) is 6.68. The maximum absolute atomic E-state index is 5.77. The SMILES string of the molecule is COCCOCCCCNc1cc(N)nc(C(C)C)n1. The maximum Gasteiger partial charge on any atom is 0.135 e. The zero-order valence-corrected chi connectivity index (χ0v) is 12.7. The molecular weight excluding hydrogens is 256 g/mol. The van der Waals surface area contributed by atoms with Crippen molar-refractivity contribution in [3.05, 3.63) is 11.9 Å². The summed E-state index contributed by atoms with van der Waals surface area (Å²) in [6.07, 6.45) is 2.03. The van der Waals surface area contributed by atoms with Crippen LogP contribution in [0.25, 0.3) is 0 Å². The molecule has 0 unspecified atom stereocenters. The molecule has 0 radical (unpaired) electrons. The second-order valence-electron chi connectivity index (χ2n) is 4.93. The average Bonchev–Trinajstić information content (AvgIpc) is 2.41. The monoisotopic (exact) mass is 282 g/mol. The van der Waals surface area contributed by atoms with E-state index in [1.165, 1.54) is 0 Å². The van der Waals surface area contributed by atoms with Gasteiger partial charge in [0.15, 0.2) is 0 Å². The van der Waals surface area contributed by atoms with Crippen LogP contribution in [0.5, 0.6) is 0 Å². The highest BCUT2D eigenvalue weighted by atomic mass is 16.5. The highest BCUT2D eigenvalue weighted by Crippen LogP contribution is 2.14. The van der Waals surface area contributed by atoms with E-state index >= 15 is 0 Å². The van der Waals surface area contributed by atoms with Gasteiger partial charge >= 0.3 is 0 Å². The molecular formula is C14H26N4O2. The van der Waals surface area contributed by atoms with Crippen molar-refractivity contribution in [3.63, 3.8) is 0 Å². The number of hydrogen-bond donors (Lipinski definition) is 2. The Morgan fingerprint density at radius 3 is 2.70 bits per heavy atom. The number of unbranched alkanes of at least 4 members (excludes halogenated alkanes) is 1. The van der Waals surface area contributed by atoms with Crippen LogP contribution in [0, 0.1) is 0 Å². The third-order valence-corrected chi connectivity index (χ3v) is 2.73. The molecule has 0 fully saturated rings. The molecule has 0 spiro atoms. The van der Waals surface area contributed by atoms with Crippen molar-refractivity contribution < 1.29 is 9.47 Å². The summed E-state index contributed by atoms with van der Waals surface area (Å²) >= 11 is 0. The van der Waals surface area contributed by atoms with E-state index < -0.39 is 0 Å². The van der Waals surface area contributed by atoms with E-state index in [9.17, 15) is 0 Å². The van der Waals surface area contributed by atoms with Crippen molar-refractivity contribution in [1.82, 2.24) is 9.97 Å². The molecule has 3 N–H and O–H groups in total. The van der Waals surface area contributed by atoms with Gasteiger partial charge in [-0.1, -0.05) is 13.8 Å². The molecule has 20 heavy (non-hydrogen) atoms. The fraction of sp³-hybridized carbons (Fsp3) is 0.714. The number of methoxy groups -OCH3 is 1. The van der Waals surface area contributed by atoms with E-state index in [1.807, 2.05) is 0 Å². The van der Waals surface area contributed by atoms with Gasteiger partial charge in [0, 0.05) is 32.2 Å². The van der Waals surface area contributed by atoms with Crippen LogP contribution in [0.4, 0.5) is 11.6 Å². The van der Waals surface area contributed by atoms with Crippen LogP contribution in [-0.4, -0.2) is 43.4 Å². The van der Waals surface area contributed by atoms with Crippen LogP contribution in [-0.2, 0) is 9.47 Å². The second kappa shape index (κ2) is 9.50. The van der Waals surface area contributed by atoms with Gasteiger partial charge in [0.2, 0.25) is 0 Å². The number of nitrogen functional groups attached to an aromatic ring is 1. The second-order valence-corrected chi connectivity index (χ2v) is 4.93. The lowest BCUT2D eigenvalue weighted by Crippen LogP contribution is -2.09. The fourth-order valence-electron chi connectivity index (χ4n) is 1.62. The quantitative estimate of drug-likeness (QED) is 0.639. The first-order chi connectivity index (χ1) is 9.63. The van der Waals surface area contributed by atoms with Gasteiger partial charge in [-0.2, -0.15) is 0 Å². The number of nitrogens with two attached hydrogens (primary N) is 1. The van der Waals surface area contributed by atoms with E-state index in [2.05, 4.69) is 29.1 Å². The summed E-state index contributed by atoms with van der Waals surface area (Å²) in [5.74, 6) is 2.35. The van der Waals surface area contributed by atoms with Gasteiger partial charge in [0.1, 0.15) is 17.5 Å². The summed E-state index contributed by atoms with van der Waals surface area (Å²) in [6, 6.07) is 1.76. The van der Waals surface area contributed by atoms with Crippen molar-refractivity contribution in [3.8, 4) is 0 Å². The molecule has 0 saturated heterocycles. The minimum atomic E-state index is 0.272. The largest absolute Gasteiger partial charge is 0.384 e. The Bertz CT molecular complexity index is 385. The summed E-state index contributed by atoms with van der Waals surface area (Å²) in [7, 11) is 1.67. The van der Waals surface area contributed by atoms with Crippen molar-refractivity contribution in [1.29, 1.82) is 0 Å². The number of nitrogens with zero attached hydrogens (tertiary/aromatic N) is 2. The molecule has 1 aromatic rings.